The van der Waals surface area contributed by atoms with Crippen molar-refractivity contribution in [1.29, 1.82) is 0 Å². The Labute approximate surface area is 178 Å². The first kappa shape index (κ1) is 19.8. The molecule has 0 fully saturated rings. The van der Waals surface area contributed by atoms with Crippen molar-refractivity contribution >= 4 is 44.9 Å². The van der Waals surface area contributed by atoms with E-state index in [-0.39, 0.29) is 24.7 Å². The molecule has 7 heteroatoms. The van der Waals surface area contributed by atoms with Gasteiger partial charge in [-0.2, -0.15) is 5.10 Å². The first-order chi connectivity index (χ1) is 14.5. The van der Waals surface area contributed by atoms with E-state index in [1.165, 1.54) is 11.3 Å². The molecule has 6 nitrogen and oxygen atoms in total. The molecule has 0 saturated heterocycles. The van der Waals surface area contributed by atoms with Crippen molar-refractivity contribution in [2.45, 2.75) is 26.7 Å². The number of hydrogen-bond donors (Lipinski definition) is 3. The van der Waals surface area contributed by atoms with E-state index in [0.717, 1.165) is 37.5 Å². The van der Waals surface area contributed by atoms with E-state index in [2.05, 4.69) is 20.8 Å². The molecule has 3 N–H and O–H groups in total. The van der Waals surface area contributed by atoms with Crippen LogP contribution in [0.25, 0.3) is 10.2 Å². The number of aryl methyl sites for hydroxylation is 2. The predicted molar refractivity (Wildman–Crippen MR) is 121 cm³/mol. The lowest BCUT2D eigenvalue weighted by Crippen LogP contribution is -2.15. The van der Waals surface area contributed by atoms with Crippen LogP contribution in [0.5, 0.6) is 0 Å². The molecule has 4 aromatic rings. The van der Waals surface area contributed by atoms with E-state index in [1.54, 1.807) is 0 Å². The maximum Gasteiger partial charge on any atom is 0.229 e. The third-order valence-corrected chi connectivity index (χ3v) is 5.72. The third kappa shape index (κ3) is 4.75. The topological polar surface area (TPSA) is 86.9 Å². The number of carbonyl (C=O) groups is 2. The minimum atomic E-state index is -0.116. The standard InChI is InChI=1S/C23H22N4O2S/c1-14-6-8-16(9-7-14)11-20(28)25-22-19-12-18(30-23(19)27-26-22)13-21(29)24-17-5-3-4-15(2)10-17/h3-10,12H,11,13H2,1-2H3,(H,24,29)(H2,25,26,27,28). The van der Waals surface area contributed by atoms with Gasteiger partial charge < -0.3 is 10.6 Å². The number of aromatic amines is 1. The maximum atomic E-state index is 12.4. The van der Waals surface area contributed by atoms with Crippen molar-refractivity contribution in [2.24, 2.45) is 0 Å². The van der Waals surface area contributed by atoms with Crippen molar-refractivity contribution in [3.63, 3.8) is 0 Å². The van der Waals surface area contributed by atoms with Gasteiger partial charge in [0.2, 0.25) is 11.8 Å². The van der Waals surface area contributed by atoms with E-state index in [4.69, 9.17) is 0 Å². The second kappa shape index (κ2) is 8.51. The number of thiophene rings is 1. The predicted octanol–water partition coefficient (Wildman–Crippen LogP) is 4.60. The van der Waals surface area contributed by atoms with Crippen LogP contribution in [0.2, 0.25) is 0 Å². The molecule has 2 amide bonds. The number of anilines is 2. The molecule has 4 rings (SSSR count). The van der Waals surface area contributed by atoms with Gasteiger partial charge in [0.1, 0.15) is 10.6 Å². The molecule has 0 bridgehead atoms. The lowest BCUT2D eigenvalue weighted by atomic mass is 10.1. The second-order valence-electron chi connectivity index (χ2n) is 7.34. The number of amides is 2. The zero-order chi connectivity index (χ0) is 21.1. The van der Waals surface area contributed by atoms with Crippen molar-refractivity contribution in [3.8, 4) is 0 Å². The Hall–Kier alpha value is -3.45. The lowest BCUT2D eigenvalue weighted by molar-refractivity contribution is -0.116. The fourth-order valence-electron chi connectivity index (χ4n) is 3.20. The first-order valence-corrected chi connectivity index (χ1v) is 10.5. The molecule has 2 aromatic heterocycles. The van der Waals surface area contributed by atoms with Crippen LogP contribution in [-0.4, -0.2) is 22.0 Å². The van der Waals surface area contributed by atoms with Gasteiger partial charge in [-0.1, -0.05) is 42.0 Å². The highest BCUT2D eigenvalue weighted by molar-refractivity contribution is 7.18. The lowest BCUT2D eigenvalue weighted by Gasteiger charge is -2.05. The quantitative estimate of drug-likeness (QED) is 0.428. The summed E-state index contributed by atoms with van der Waals surface area (Å²) in [6.07, 6.45) is 0.544. The molecular weight excluding hydrogens is 396 g/mol. The highest BCUT2D eigenvalue weighted by atomic mass is 32.1. The summed E-state index contributed by atoms with van der Waals surface area (Å²) in [7, 11) is 0. The second-order valence-corrected chi connectivity index (χ2v) is 8.45. The van der Waals surface area contributed by atoms with Crippen LogP contribution < -0.4 is 10.6 Å². The Morgan fingerprint density at radius 1 is 0.933 bits per heavy atom. The van der Waals surface area contributed by atoms with Crippen molar-refractivity contribution in [1.82, 2.24) is 10.2 Å². The smallest absolute Gasteiger partial charge is 0.229 e. The molecule has 0 unspecified atom stereocenters. The molecule has 0 saturated carbocycles. The Bertz CT molecular complexity index is 1210. The number of rotatable bonds is 6. The number of nitrogens with zero attached hydrogens (tertiary/aromatic N) is 1. The van der Waals surface area contributed by atoms with Gasteiger partial charge in [-0.15, -0.1) is 11.3 Å². The summed E-state index contributed by atoms with van der Waals surface area (Å²) in [6, 6.07) is 17.5. The van der Waals surface area contributed by atoms with Gasteiger partial charge in [-0.3, -0.25) is 14.7 Å². The Morgan fingerprint density at radius 3 is 2.47 bits per heavy atom. The zero-order valence-electron chi connectivity index (χ0n) is 16.8. The van der Waals surface area contributed by atoms with Gasteiger partial charge in [0.15, 0.2) is 0 Å². The summed E-state index contributed by atoms with van der Waals surface area (Å²) in [5, 5.41) is 13.8. The van der Waals surface area contributed by atoms with Gasteiger partial charge in [0.05, 0.1) is 18.2 Å². The van der Waals surface area contributed by atoms with Crippen molar-refractivity contribution < 1.29 is 9.59 Å². The summed E-state index contributed by atoms with van der Waals surface area (Å²) in [5.41, 5.74) is 3.99. The van der Waals surface area contributed by atoms with Crippen LogP contribution in [0.15, 0.2) is 54.6 Å². The average molecular weight is 419 g/mol. The van der Waals surface area contributed by atoms with Gasteiger partial charge in [0, 0.05) is 10.6 Å². The van der Waals surface area contributed by atoms with Gasteiger partial charge in [-0.25, -0.2) is 0 Å². The van der Waals surface area contributed by atoms with Gasteiger partial charge in [-0.05, 0) is 43.2 Å². The van der Waals surface area contributed by atoms with Crippen molar-refractivity contribution in [3.05, 3.63) is 76.2 Å². The minimum absolute atomic E-state index is 0.0848. The highest BCUT2D eigenvalue weighted by Crippen LogP contribution is 2.29. The number of carbonyl (C=O) groups excluding carboxylic acids is 2. The van der Waals surface area contributed by atoms with Crippen LogP contribution in [0.1, 0.15) is 21.6 Å². The molecule has 0 radical (unpaired) electrons. The summed E-state index contributed by atoms with van der Waals surface area (Å²) in [5.74, 6) is 0.358. The molecule has 0 aliphatic heterocycles. The largest absolute Gasteiger partial charge is 0.326 e. The highest BCUT2D eigenvalue weighted by Gasteiger charge is 2.15. The maximum absolute atomic E-state index is 12.4. The van der Waals surface area contributed by atoms with Gasteiger partial charge >= 0.3 is 0 Å². The summed E-state index contributed by atoms with van der Waals surface area (Å²) in [6.45, 7) is 4.00. The molecule has 30 heavy (non-hydrogen) atoms. The first-order valence-electron chi connectivity index (χ1n) is 9.65. The summed E-state index contributed by atoms with van der Waals surface area (Å²) < 4.78 is 0. The number of nitrogens with one attached hydrogen (secondary N) is 3. The number of fused-ring (bicyclic) bond motifs is 1. The van der Waals surface area contributed by atoms with Crippen LogP contribution in [-0.2, 0) is 22.4 Å². The third-order valence-electron chi connectivity index (χ3n) is 4.69. The molecule has 2 heterocycles. The fourth-order valence-corrected chi connectivity index (χ4v) is 4.19. The molecular formula is C23H22N4O2S. The van der Waals surface area contributed by atoms with E-state index >= 15 is 0 Å². The van der Waals surface area contributed by atoms with E-state index in [0.29, 0.717) is 5.82 Å². The van der Waals surface area contributed by atoms with E-state index < -0.39 is 0 Å². The number of hydrogen-bond acceptors (Lipinski definition) is 4. The Morgan fingerprint density at radius 2 is 1.70 bits per heavy atom. The zero-order valence-corrected chi connectivity index (χ0v) is 17.6. The molecule has 0 atom stereocenters. The number of benzene rings is 2. The summed E-state index contributed by atoms with van der Waals surface area (Å²) >= 11 is 1.44. The Kier molecular flexibility index (Phi) is 5.63. The number of H-pyrrole nitrogens is 1. The van der Waals surface area contributed by atoms with E-state index in [9.17, 15) is 9.59 Å². The van der Waals surface area contributed by atoms with E-state index in [1.807, 2.05) is 68.4 Å². The monoisotopic (exact) mass is 418 g/mol. The molecule has 2 aromatic carbocycles. The summed E-state index contributed by atoms with van der Waals surface area (Å²) in [4.78, 5) is 26.4. The number of aromatic nitrogens is 2. The molecule has 0 spiro atoms. The minimum Gasteiger partial charge on any atom is -0.326 e. The normalized spacial score (nSPS) is 10.9. The molecule has 0 aliphatic rings. The van der Waals surface area contributed by atoms with Gasteiger partial charge in [0.25, 0.3) is 0 Å². The fraction of sp³-hybridized carbons (Fsp3) is 0.174. The van der Waals surface area contributed by atoms with Crippen molar-refractivity contribution in [2.75, 3.05) is 10.6 Å². The SMILES string of the molecule is Cc1ccc(CC(=O)Nc2[nH]nc3sc(CC(=O)Nc4cccc(C)c4)cc23)cc1. The average Bonchev–Trinajstić information content (AvgIpc) is 3.25. The van der Waals surface area contributed by atoms with Crippen LogP contribution >= 0.6 is 11.3 Å². The molecule has 0 aliphatic carbocycles. The Balaban J connectivity index is 1.41. The van der Waals surface area contributed by atoms with Crippen LogP contribution in [0, 0.1) is 13.8 Å². The van der Waals surface area contributed by atoms with Crippen LogP contribution in [0.3, 0.4) is 0 Å². The molecule has 152 valence electrons. The van der Waals surface area contributed by atoms with Crippen LogP contribution in [0.4, 0.5) is 11.5 Å².